The maximum atomic E-state index is 12.8. The highest BCUT2D eigenvalue weighted by Crippen LogP contribution is 2.31. The number of rotatable bonds is 0. The molecule has 1 aromatic heterocycles. The van der Waals surface area contributed by atoms with Crippen molar-refractivity contribution in [2.75, 3.05) is 0 Å². The molecule has 2 aromatic rings. The van der Waals surface area contributed by atoms with Gasteiger partial charge in [-0.15, -0.1) is 11.3 Å². The number of halogens is 3. The van der Waals surface area contributed by atoms with Crippen molar-refractivity contribution in [1.82, 2.24) is 0 Å². The first-order chi connectivity index (χ1) is 5.66. The Kier molecular flexibility index (Phi) is 2.39. The summed E-state index contributed by atoms with van der Waals surface area (Å²) in [4.78, 5) is 0. The summed E-state index contributed by atoms with van der Waals surface area (Å²) in [5.74, 6) is 0. The lowest BCUT2D eigenvalue weighted by Gasteiger charge is -1.94. The van der Waals surface area contributed by atoms with Crippen molar-refractivity contribution in [2.24, 2.45) is 0 Å². The molecule has 1 heterocycles. The molecule has 0 spiro atoms. The van der Waals surface area contributed by atoms with Crippen molar-refractivity contribution >= 4 is 59.9 Å². The van der Waals surface area contributed by atoms with Crippen LogP contribution in [0.4, 0.5) is 4.39 Å². The largest absolute Gasteiger partial charge is 0.195 e. The molecule has 4 heteroatoms. The molecule has 0 aliphatic rings. The first kappa shape index (κ1) is 8.90. The molecule has 0 saturated carbocycles. The van der Waals surface area contributed by atoms with Gasteiger partial charge >= 0.3 is 0 Å². The standard InChI is InChI=1S/C8H3BrFIS/c9-4-1-6(11)5-3-8(10)12-7(5)2-4/h1-3H. The summed E-state index contributed by atoms with van der Waals surface area (Å²) in [5.41, 5.74) is 0. The number of fused-ring (bicyclic) bond motifs is 1. The Morgan fingerprint density at radius 3 is 2.83 bits per heavy atom. The van der Waals surface area contributed by atoms with Crippen LogP contribution in [0.3, 0.4) is 0 Å². The fourth-order valence-electron chi connectivity index (χ4n) is 1.03. The zero-order valence-corrected chi connectivity index (χ0v) is 10.3. The Morgan fingerprint density at radius 2 is 2.08 bits per heavy atom. The molecule has 0 bridgehead atoms. The number of benzene rings is 1. The second-order valence-electron chi connectivity index (χ2n) is 2.35. The first-order valence-electron chi connectivity index (χ1n) is 3.21. The monoisotopic (exact) mass is 356 g/mol. The van der Waals surface area contributed by atoms with E-state index in [4.69, 9.17) is 0 Å². The molecule has 0 unspecified atom stereocenters. The van der Waals surface area contributed by atoms with Crippen LogP contribution in [0, 0.1) is 8.70 Å². The Labute approximate surface area is 95.0 Å². The minimum atomic E-state index is -0.124. The topological polar surface area (TPSA) is 0 Å². The van der Waals surface area contributed by atoms with E-state index < -0.39 is 0 Å². The quantitative estimate of drug-likeness (QED) is 0.613. The Morgan fingerprint density at radius 1 is 1.33 bits per heavy atom. The number of thiophene rings is 1. The van der Waals surface area contributed by atoms with Crippen LogP contribution in [0.5, 0.6) is 0 Å². The van der Waals surface area contributed by atoms with E-state index in [-0.39, 0.29) is 5.13 Å². The van der Waals surface area contributed by atoms with Crippen LogP contribution in [0.1, 0.15) is 0 Å². The zero-order valence-electron chi connectivity index (χ0n) is 5.77. The van der Waals surface area contributed by atoms with Crippen molar-refractivity contribution in [3.63, 3.8) is 0 Å². The van der Waals surface area contributed by atoms with Gasteiger partial charge in [0, 0.05) is 18.1 Å². The molecule has 0 N–H and O–H groups in total. The van der Waals surface area contributed by atoms with Crippen LogP contribution in [0.2, 0.25) is 0 Å². The highest BCUT2D eigenvalue weighted by Gasteiger charge is 2.05. The van der Waals surface area contributed by atoms with Gasteiger partial charge < -0.3 is 0 Å². The van der Waals surface area contributed by atoms with Gasteiger partial charge in [-0.1, -0.05) is 15.9 Å². The van der Waals surface area contributed by atoms with E-state index in [0.29, 0.717) is 0 Å². The fraction of sp³-hybridized carbons (Fsp3) is 0. The average Bonchev–Trinajstić information content (AvgIpc) is 2.29. The molecule has 0 radical (unpaired) electrons. The summed E-state index contributed by atoms with van der Waals surface area (Å²) in [6.07, 6.45) is 0. The second-order valence-corrected chi connectivity index (χ2v) is 5.46. The van der Waals surface area contributed by atoms with E-state index in [1.54, 1.807) is 6.07 Å². The van der Waals surface area contributed by atoms with E-state index in [1.165, 1.54) is 11.3 Å². The van der Waals surface area contributed by atoms with Gasteiger partial charge in [0.15, 0.2) is 5.13 Å². The molecule has 1 aromatic carbocycles. The van der Waals surface area contributed by atoms with E-state index in [0.717, 1.165) is 18.1 Å². The van der Waals surface area contributed by atoms with Crippen molar-refractivity contribution in [3.8, 4) is 0 Å². The van der Waals surface area contributed by atoms with Crippen LogP contribution >= 0.6 is 49.9 Å². The second kappa shape index (κ2) is 3.23. The molecule has 2 rings (SSSR count). The highest BCUT2D eigenvalue weighted by molar-refractivity contribution is 14.1. The third-order valence-electron chi connectivity index (χ3n) is 1.52. The van der Waals surface area contributed by atoms with E-state index in [2.05, 4.69) is 38.5 Å². The first-order valence-corrected chi connectivity index (χ1v) is 5.90. The number of hydrogen-bond acceptors (Lipinski definition) is 1. The molecule has 0 saturated heterocycles. The van der Waals surface area contributed by atoms with Gasteiger partial charge in [-0.05, 0) is 40.8 Å². The van der Waals surface area contributed by atoms with Crippen molar-refractivity contribution in [2.45, 2.75) is 0 Å². The van der Waals surface area contributed by atoms with Gasteiger partial charge in [-0.2, -0.15) is 4.39 Å². The Balaban J connectivity index is 2.88. The zero-order chi connectivity index (χ0) is 8.72. The summed E-state index contributed by atoms with van der Waals surface area (Å²) in [7, 11) is 0. The lowest BCUT2D eigenvalue weighted by molar-refractivity contribution is 0.658. The maximum Gasteiger partial charge on any atom is 0.177 e. The molecule has 0 fully saturated rings. The van der Waals surface area contributed by atoms with E-state index >= 15 is 0 Å². The van der Waals surface area contributed by atoms with Crippen LogP contribution < -0.4 is 0 Å². The fourth-order valence-corrected chi connectivity index (χ4v) is 3.89. The predicted molar refractivity (Wildman–Crippen MR) is 62.2 cm³/mol. The molecule has 0 nitrogen and oxygen atoms in total. The van der Waals surface area contributed by atoms with Crippen molar-refractivity contribution in [3.05, 3.63) is 31.4 Å². The SMILES string of the molecule is Fc1cc2c(I)cc(Br)cc2s1. The summed E-state index contributed by atoms with van der Waals surface area (Å²) < 4.78 is 15.9. The van der Waals surface area contributed by atoms with Gasteiger partial charge in [0.1, 0.15) is 0 Å². The van der Waals surface area contributed by atoms with Gasteiger partial charge in [0.2, 0.25) is 0 Å². The van der Waals surface area contributed by atoms with Gasteiger partial charge in [-0.3, -0.25) is 0 Å². The highest BCUT2D eigenvalue weighted by atomic mass is 127. The van der Waals surface area contributed by atoms with Crippen LogP contribution in [-0.2, 0) is 0 Å². The lowest BCUT2D eigenvalue weighted by Crippen LogP contribution is -1.71. The summed E-state index contributed by atoms with van der Waals surface area (Å²) in [6.45, 7) is 0. The normalized spacial score (nSPS) is 10.9. The van der Waals surface area contributed by atoms with Gasteiger partial charge in [0.25, 0.3) is 0 Å². The molecule has 0 atom stereocenters. The third kappa shape index (κ3) is 1.52. The van der Waals surface area contributed by atoms with Crippen LogP contribution in [-0.4, -0.2) is 0 Å². The minimum Gasteiger partial charge on any atom is -0.195 e. The molecule has 0 aliphatic carbocycles. The molecule has 0 amide bonds. The Hall–Kier alpha value is 0.320. The Bertz CT molecular complexity index is 438. The van der Waals surface area contributed by atoms with E-state index in [9.17, 15) is 4.39 Å². The summed E-state index contributed by atoms with van der Waals surface area (Å²) in [6, 6.07) is 5.49. The van der Waals surface area contributed by atoms with E-state index in [1.807, 2.05) is 12.1 Å². The van der Waals surface area contributed by atoms with Crippen molar-refractivity contribution in [1.29, 1.82) is 0 Å². The summed E-state index contributed by atoms with van der Waals surface area (Å²) >= 11 is 6.76. The smallest absolute Gasteiger partial charge is 0.177 e. The minimum absolute atomic E-state index is 0.124. The number of hydrogen-bond donors (Lipinski definition) is 0. The maximum absolute atomic E-state index is 12.8. The van der Waals surface area contributed by atoms with Gasteiger partial charge in [0.05, 0.1) is 0 Å². The molecular formula is C8H3BrFIS. The molecule has 12 heavy (non-hydrogen) atoms. The molecular weight excluding hydrogens is 354 g/mol. The lowest BCUT2D eigenvalue weighted by atomic mass is 10.3. The van der Waals surface area contributed by atoms with Crippen LogP contribution in [0.15, 0.2) is 22.7 Å². The van der Waals surface area contributed by atoms with Gasteiger partial charge in [-0.25, -0.2) is 0 Å². The summed E-state index contributed by atoms with van der Waals surface area (Å²) in [5, 5.41) is 0.877. The molecule has 62 valence electrons. The van der Waals surface area contributed by atoms with Crippen LogP contribution in [0.25, 0.3) is 10.1 Å². The predicted octanol–water partition coefficient (Wildman–Crippen LogP) is 4.41. The average molecular weight is 357 g/mol. The molecule has 0 aliphatic heterocycles. The third-order valence-corrected chi connectivity index (χ3v) is 3.74. The van der Waals surface area contributed by atoms with Crippen molar-refractivity contribution < 1.29 is 4.39 Å².